The molecule has 1 aromatic rings. The Morgan fingerprint density at radius 2 is 2.09 bits per heavy atom. The number of allylic oxidation sites excluding steroid dienone is 2. The Balaban J connectivity index is 1.46. The number of rotatable bonds is 12. The zero-order valence-electron chi connectivity index (χ0n) is 20.3. The monoisotopic (exact) mass is 571 g/mol. The van der Waals surface area contributed by atoms with Crippen LogP contribution in [0.3, 0.4) is 0 Å². The van der Waals surface area contributed by atoms with Crippen LogP contribution in [0.1, 0.15) is 56.2 Å². The lowest BCUT2D eigenvalue weighted by Crippen LogP contribution is -2.51. The summed E-state index contributed by atoms with van der Waals surface area (Å²) in [5, 5.41) is 11.0. The normalized spacial score (nSPS) is 30.3. The summed E-state index contributed by atoms with van der Waals surface area (Å²) in [6, 6.07) is 2.37. The minimum absolute atomic E-state index is 0.0571. The second kappa shape index (κ2) is 14.2. The molecule has 0 radical (unpaired) electrons. The number of unbranched alkanes of at least 4 members (excludes halogenated alkanes) is 1. The highest BCUT2D eigenvalue weighted by atomic mass is 79.9. The first-order valence-corrected chi connectivity index (χ1v) is 14.6. The van der Waals surface area contributed by atoms with Crippen LogP contribution in [-0.2, 0) is 30.3 Å². The van der Waals surface area contributed by atoms with Crippen molar-refractivity contribution in [2.45, 2.75) is 82.5 Å². The standard InChI is InChI=1S/C26H38BrNO6S/c27-19-15-20(35-18-19)17-33-22-16-23(34-25-9-5-6-12-32-25)26(28-10-13-31-14-11-28)21(22)7-3-1-2-4-8-24(29)30/h1,3,15,18,21-23,25-26H,2,4-14,16-17H2,(H,29,30)/b3-1+. The third-order valence-electron chi connectivity index (χ3n) is 7.09. The van der Waals surface area contributed by atoms with Crippen molar-refractivity contribution in [2.24, 2.45) is 5.92 Å². The van der Waals surface area contributed by atoms with Crippen molar-refractivity contribution in [3.8, 4) is 0 Å². The fraction of sp³-hybridized carbons (Fsp3) is 0.731. The number of hydrogen-bond acceptors (Lipinski definition) is 7. The number of carboxylic acid groups (broad SMARTS) is 1. The van der Waals surface area contributed by atoms with Gasteiger partial charge in [-0.25, -0.2) is 0 Å². The van der Waals surface area contributed by atoms with Crippen molar-refractivity contribution in [2.75, 3.05) is 32.9 Å². The quantitative estimate of drug-likeness (QED) is 0.272. The highest BCUT2D eigenvalue weighted by Crippen LogP contribution is 2.39. The van der Waals surface area contributed by atoms with Gasteiger partial charge in [-0.1, -0.05) is 12.2 Å². The van der Waals surface area contributed by atoms with Gasteiger partial charge in [0.25, 0.3) is 0 Å². The molecule has 35 heavy (non-hydrogen) atoms. The molecule has 1 aromatic heterocycles. The molecule has 1 aliphatic carbocycles. The smallest absolute Gasteiger partial charge is 0.303 e. The molecule has 5 unspecified atom stereocenters. The highest BCUT2D eigenvalue weighted by Gasteiger charge is 2.48. The van der Waals surface area contributed by atoms with Crippen LogP contribution in [0.15, 0.2) is 28.1 Å². The van der Waals surface area contributed by atoms with E-state index in [1.165, 1.54) is 4.88 Å². The Bertz CT molecular complexity index is 808. The number of carbonyl (C=O) groups is 1. The number of thiophene rings is 1. The number of morpholine rings is 1. The maximum atomic E-state index is 10.8. The molecule has 0 spiro atoms. The first kappa shape index (κ1) is 27.2. The number of ether oxygens (including phenoxy) is 4. The van der Waals surface area contributed by atoms with E-state index in [9.17, 15) is 4.79 Å². The van der Waals surface area contributed by atoms with E-state index >= 15 is 0 Å². The molecule has 3 aliphatic rings. The van der Waals surface area contributed by atoms with Crippen LogP contribution in [0.4, 0.5) is 0 Å². The summed E-state index contributed by atoms with van der Waals surface area (Å²) in [5.74, 6) is -0.444. The summed E-state index contributed by atoms with van der Waals surface area (Å²) >= 11 is 5.25. The van der Waals surface area contributed by atoms with Gasteiger partial charge in [0.2, 0.25) is 0 Å². The maximum Gasteiger partial charge on any atom is 0.303 e. The van der Waals surface area contributed by atoms with Gasteiger partial charge in [0.1, 0.15) is 0 Å². The Hall–Kier alpha value is -0.810. The van der Waals surface area contributed by atoms with Gasteiger partial charge in [-0.3, -0.25) is 9.69 Å². The summed E-state index contributed by atoms with van der Waals surface area (Å²) < 4.78 is 25.9. The average Bonchev–Trinajstić information content (AvgIpc) is 3.43. The maximum absolute atomic E-state index is 10.8. The zero-order chi connectivity index (χ0) is 24.5. The van der Waals surface area contributed by atoms with E-state index in [0.717, 1.165) is 75.9 Å². The molecule has 0 amide bonds. The lowest BCUT2D eigenvalue weighted by Gasteiger charge is -2.39. The van der Waals surface area contributed by atoms with Gasteiger partial charge in [0.15, 0.2) is 6.29 Å². The fourth-order valence-corrected chi connectivity index (χ4v) is 6.79. The molecule has 196 valence electrons. The summed E-state index contributed by atoms with van der Waals surface area (Å²) in [4.78, 5) is 14.6. The summed E-state index contributed by atoms with van der Waals surface area (Å²) in [6.45, 7) is 4.67. The van der Waals surface area contributed by atoms with E-state index in [1.54, 1.807) is 11.3 Å². The van der Waals surface area contributed by atoms with Gasteiger partial charge in [-0.15, -0.1) is 11.3 Å². The topological polar surface area (TPSA) is 77.5 Å². The van der Waals surface area contributed by atoms with Crippen molar-refractivity contribution in [1.29, 1.82) is 0 Å². The highest BCUT2D eigenvalue weighted by molar-refractivity contribution is 9.10. The van der Waals surface area contributed by atoms with E-state index in [4.69, 9.17) is 24.1 Å². The average molecular weight is 573 g/mol. The molecule has 1 saturated carbocycles. The molecule has 3 heterocycles. The number of aliphatic carboxylic acids is 1. The minimum atomic E-state index is -0.736. The number of nitrogens with zero attached hydrogens (tertiary/aromatic N) is 1. The fourth-order valence-electron chi connectivity index (χ4n) is 5.41. The predicted molar refractivity (Wildman–Crippen MR) is 139 cm³/mol. The first-order valence-electron chi connectivity index (χ1n) is 12.9. The van der Waals surface area contributed by atoms with Crippen molar-refractivity contribution in [1.82, 2.24) is 4.90 Å². The van der Waals surface area contributed by atoms with Crippen molar-refractivity contribution < 1.29 is 28.8 Å². The Morgan fingerprint density at radius 1 is 1.23 bits per heavy atom. The first-order chi connectivity index (χ1) is 17.1. The van der Waals surface area contributed by atoms with Gasteiger partial charge < -0.3 is 24.1 Å². The third-order valence-corrected chi connectivity index (χ3v) is 8.76. The molecule has 1 N–H and O–H groups in total. The van der Waals surface area contributed by atoms with E-state index in [1.807, 2.05) is 0 Å². The molecular formula is C26H38BrNO6S. The molecule has 2 saturated heterocycles. The Kier molecular flexibility index (Phi) is 11.1. The van der Waals surface area contributed by atoms with Crippen LogP contribution in [0, 0.1) is 5.92 Å². The third kappa shape index (κ3) is 8.35. The lowest BCUT2D eigenvalue weighted by molar-refractivity contribution is -0.200. The van der Waals surface area contributed by atoms with Crippen LogP contribution < -0.4 is 0 Å². The van der Waals surface area contributed by atoms with E-state index in [0.29, 0.717) is 18.9 Å². The van der Waals surface area contributed by atoms with Gasteiger partial charge in [-0.2, -0.15) is 0 Å². The SMILES string of the molecule is O=C(O)CCC/C=C/CC1C(OCc2cc(Br)cs2)CC(OC2CCCCO2)C1N1CCOCC1. The van der Waals surface area contributed by atoms with Crippen molar-refractivity contribution in [3.05, 3.63) is 32.9 Å². The largest absolute Gasteiger partial charge is 0.481 e. The molecule has 9 heteroatoms. The van der Waals surface area contributed by atoms with Gasteiger partial charge in [-0.05, 0) is 60.5 Å². The molecule has 5 atom stereocenters. The molecule has 3 fully saturated rings. The zero-order valence-corrected chi connectivity index (χ0v) is 22.7. The molecule has 7 nitrogen and oxygen atoms in total. The van der Waals surface area contributed by atoms with Crippen LogP contribution in [-0.4, -0.2) is 73.4 Å². The predicted octanol–water partition coefficient (Wildman–Crippen LogP) is 5.23. The second-order valence-electron chi connectivity index (χ2n) is 9.58. The van der Waals surface area contributed by atoms with E-state index in [-0.39, 0.29) is 31.0 Å². The summed E-state index contributed by atoms with van der Waals surface area (Å²) in [6.07, 6.45) is 11.0. The number of carboxylic acids is 1. The second-order valence-corrected chi connectivity index (χ2v) is 11.5. The van der Waals surface area contributed by atoms with Crippen LogP contribution >= 0.6 is 27.3 Å². The molecule has 0 bridgehead atoms. The molecule has 0 aromatic carbocycles. The van der Waals surface area contributed by atoms with Crippen molar-refractivity contribution >= 4 is 33.2 Å². The van der Waals surface area contributed by atoms with E-state index in [2.05, 4.69) is 44.4 Å². The van der Waals surface area contributed by atoms with Crippen LogP contribution in [0.25, 0.3) is 0 Å². The molecule has 2 aliphatic heterocycles. The van der Waals surface area contributed by atoms with Gasteiger partial charge in [0, 0.05) is 59.2 Å². The Labute approximate surface area is 220 Å². The van der Waals surface area contributed by atoms with Gasteiger partial charge >= 0.3 is 5.97 Å². The summed E-state index contributed by atoms with van der Waals surface area (Å²) in [7, 11) is 0. The van der Waals surface area contributed by atoms with Crippen LogP contribution in [0.5, 0.6) is 0 Å². The molecule has 4 rings (SSSR count). The minimum Gasteiger partial charge on any atom is -0.481 e. The van der Waals surface area contributed by atoms with Gasteiger partial charge in [0.05, 0.1) is 32.0 Å². The van der Waals surface area contributed by atoms with Crippen molar-refractivity contribution in [3.63, 3.8) is 0 Å². The summed E-state index contributed by atoms with van der Waals surface area (Å²) in [5.41, 5.74) is 0. The van der Waals surface area contributed by atoms with Crippen LogP contribution in [0.2, 0.25) is 0 Å². The number of hydrogen-bond donors (Lipinski definition) is 1. The Morgan fingerprint density at radius 3 is 2.80 bits per heavy atom. The lowest BCUT2D eigenvalue weighted by atomic mass is 9.94. The van der Waals surface area contributed by atoms with E-state index < -0.39 is 5.97 Å². The molecular weight excluding hydrogens is 534 g/mol. The number of halogens is 1.